The van der Waals surface area contributed by atoms with Crippen molar-refractivity contribution in [2.75, 3.05) is 32.0 Å². The number of halogens is 1. The normalized spacial score (nSPS) is 17.7. The monoisotopic (exact) mass is 544 g/mol. The van der Waals surface area contributed by atoms with E-state index >= 15 is 0 Å². The van der Waals surface area contributed by atoms with E-state index in [4.69, 9.17) is 16.6 Å². The predicted octanol–water partition coefficient (Wildman–Crippen LogP) is 6.18. The molecule has 4 aromatic rings. The van der Waals surface area contributed by atoms with Crippen molar-refractivity contribution in [2.24, 2.45) is 0 Å². The fourth-order valence-electron chi connectivity index (χ4n) is 5.89. The average molecular weight is 545 g/mol. The number of hydrogen-bond acceptors (Lipinski definition) is 6. The average Bonchev–Trinajstić information content (AvgIpc) is 3.69. The van der Waals surface area contributed by atoms with Crippen molar-refractivity contribution in [2.45, 2.75) is 57.2 Å². The number of aromatic nitrogens is 3. The van der Waals surface area contributed by atoms with Crippen LogP contribution in [0, 0.1) is 0 Å². The minimum Gasteiger partial charge on any atom is -0.392 e. The molecule has 204 valence electrons. The largest absolute Gasteiger partial charge is 0.392 e. The van der Waals surface area contributed by atoms with E-state index in [0.717, 1.165) is 61.2 Å². The number of H-pyrrole nitrogens is 1. The first-order chi connectivity index (χ1) is 18.9. The lowest BCUT2D eigenvalue weighted by Crippen LogP contribution is -2.44. The molecule has 0 amide bonds. The third-order valence-corrected chi connectivity index (χ3v) is 8.32. The van der Waals surface area contributed by atoms with E-state index in [-0.39, 0.29) is 6.10 Å². The van der Waals surface area contributed by atoms with Crippen molar-refractivity contribution in [1.82, 2.24) is 24.8 Å². The molecule has 39 heavy (non-hydrogen) atoms. The highest BCUT2D eigenvalue weighted by Crippen LogP contribution is 2.42. The van der Waals surface area contributed by atoms with Gasteiger partial charge in [0.25, 0.3) is 0 Å². The molecule has 0 radical (unpaired) electrons. The molecule has 6 rings (SSSR count). The maximum absolute atomic E-state index is 9.75. The zero-order valence-corrected chi connectivity index (χ0v) is 23.5. The van der Waals surface area contributed by atoms with Crippen LogP contribution in [0.15, 0.2) is 54.9 Å². The number of benzene rings is 2. The molecule has 1 saturated carbocycles. The highest BCUT2D eigenvalue weighted by atomic mass is 35.5. The molecular weight excluding hydrogens is 508 g/mol. The molecule has 2 aromatic carbocycles. The number of rotatable bonds is 9. The summed E-state index contributed by atoms with van der Waals surface area (Å²) in [6, 6.07) is 15.6. The number of piperidine rings is 1. The summed E-state index contributed by atoms with van der Waals surface area (Å²) < 4.78 is 0. The second kappa shape index (κ2) is 11.3. The van der Waals surface area contributed by atoms with Crippen LogP contribution in [-0.2, 0) is 6.54 Å². The number of likely N-dealkylation sites (tertiary alicyclic amines) is 1. The van der Waals surface area contributed by atoms with Crippen molar-refractivity contribution in [3.63, 3.8) is 0 Å². The summed E-state index contributed by atoms with van der Waals surface area (Å²) in [5.74, 6) is 1.19. The second-order valence-electron chi connectivity index (χ2n) is 11.3. The minimum atomic E-state index is -0.285. The van der Waals surface area contributed by atoms with E-state index in [1.54, 1.807) is 6.20 Å². The molecule has 0 spiro atoms. The number of anilines is 2. The number of likely N-dealkylation sites (N-methyl/N-ethyl adjacent to an activating group) is 1. The van der Waals surface area contributed by atoms with Crippen molar-refractivity contribution >= 4 is 34.1 Å². The fourth-order valence-corrected chi connectivity index (χ4v) is 6.08. The topological polar surface area (TPSA) is 80.3 Å². The van der Waals surface area contributed by atoms with E-state index in [1.165, 1.54) is 24.0 Å². The molecule has 1 aliphatic carbocycles. The van der Waals surface area contributed by atoms with Gasteiger partial charge in [-0.3, -0.25) is 4.90 Å². The van der Waals surface area contributed by atoms with Gasteiger partial charge in [0.2, 0.25) is 5.95 Å². The number of hydrogen-bond donors (Lipinski definition) is 3. The Morgan fingerprint density at radius 2 is 1.95 bits per heavy atom. The van der Waals surface area contributed by atoms with Crippen LogP contribution in [0.1, 0.15) is 49.7 Å². The molecule has 7 nitrogen and oxygen atoms in total. The molecule has 8 heteroatoms. The van der Waals surface area contributed by atoms with Crippen molar-refractivity contribution in [3.05, 3.63) is 71.0 Å². The quantitative estimate of drug-likeness (QED) is 0.233. The summed E-state index contributed by atoms with van der Waals surface area (Å²) in [6.07, 6.45) is 8.13. The zero-order valence-electron chi connectivity index (χ0n) is 22.7. The van der Waals surface area contributed by atoms with Gasteiger partial charge in [0.1, 0.15) is 0 Å². The predicted molar refractivity (Wildman–Crippen MR) is 159 cm³/mol. The SMILES string of the molecule is C[C@H](O)CN(C)C1CCN(Cc2cc(Nc3ncc(Cl)c(-c4c[nH]c5ccccc45)n3)cc(C3CC3)c2)CC1. The second-order valence-corrected chi connectivity index (χ2v) is 11.7. The Labute approximate surface area is 235 Å². The van der Waals surface area contributed by atoms with Gasteiger partial charge in [-0.05, 0) is 88.0 Å². The Morgan fingerprint density at radius 3 is 2.72 bits per heavy atom. The van der Waals surface area contributed by atoms with Crippen LogP contribution in [0.5, 0.6) is 0 Å². The summed E-state index contributed by atoms with van der Waals surface area (Å²) in [4.78, 5) is 17.5. The molecule has 2 aliphatic rings. The van der Waals surface area contributed by atoms with Gasteiger partial charge in [0.05, 0.1) is 23.0 Å². The lowest BCUT2D eigenvalue weighted by atomic mass is 10.0. The van der Waals surface area contributed by atoms with Crippen LogP contribution < -0.4 is 5.32 Å². The van der Waals surface area contributed by atoms with Crippen molar-refractivity contribution in [3.8, 4) is 11.3 Å². The summed E-state index contributed by atoms with van der Waals surface area (Å²) in [5.41, 5.74) is 6.48. The molecule has 0 unspecified atom stereocenters. The maximum Gasteiger partial charge on any atom is 0.227 e. The Kier molecular flexibility index (Phi) is 7.58. The highest BCUT2D eigenvalue weighted by Gasteiger charge is 2.26. The Bertz CT molecular complexity index is 1440. The lowest BCUT2D eigenvalue weighted by molar-refractivity contribution is 0.0796. The van der Waals surface area contributed by atoms with E-state index in [0.29, 0.717) is 28.6 Å². The molecule has 2 aromatic heterocycles. The van der Waals surface area contributed by atoms with Gasteiger partial charge >= 0.3 is 0 Å². The van der Waals surface area contributed by atoms with Crippen LogP contribution in [-0.4, -0.2) is 68.7 Å². The first kappa shape index (κ1) is 26.3. The van der Waals surface area contributed by atoms with Crippen LogP contribution in [0.4, 0.5) is 11.6 Å². The summed E-state index contributed by atoms with van der Waals surface area (Å²) in [7, 11) is 2.13. The summed E-state index contributed by atoms with van der Waals surface area (Å²) in [5, 5.41) is 14.8. The molecule has 2 fully saturated rings. The molecule has 1 aliphatic heterocycles. The highest BCUT2D eigenvalue weighted by molar-refractivity contribution is 6.33. The number of nitrogens with one attached hydrogen (secondary N) is 2. The fraction of sp³-hybridized carbons (Fsp3) is 0.419. The van der Waals surface area contributed by atoms with Gasteiger partial charge < -0.3 is 20.3 Å². The smallest absolute Gasteiger partial charge is 0.227 e. The molecule has 3 N–H and O–H groups in total. The first-order valence-electron chi connectivity index (χ1n) is 14.0. The van der Waals surface area contributed by atoms with Gasteiger partial charge in [0, 0.05) is 47.5 Å². The van der Waals surface area contributed by atoms with Crippen molar-refractivity contribution < 1.29 is 5.11 Å². The van der Waals surface area contributed by atoms with Crippen LogP contribution in [0.25, 0.3) is 22.2 Å². The van der Waals surface area contributed by atoms with Crippen molar-refractivity contribution in [1.29, 1.82) is 0 Å². The maximum atomic E-state index is 9.75. The standard InChI is InChI=1S/C31H37ClN6O/c1-20(39)18-37(2)25-9-11-38(12-10-25)19-21-13-23(22-7-8-22)15-24(14-21)35-31-34-17-28(32)30(36-31)27-16-33-29-6-4-3-5-26(27)29/h3-6,13-17,20,22,25,33,39H,7-12,18-19H2,1-2H3,(H,34,35,36)/t20-/m0/s1. The number of aliphatic hydroxyl groups excluding tert-OH is 1. The molecule has 1 atom stereocenters. The van der Waals surface area contributed by atoms with Crippen LogP contribution in [0.2, 0.25) is 5.02 Å². The van der Waals surface area contributed by atoms with Gasteiger partial charge in [-0.15, -0.1) is 0 Å². The number of nitrogens with zero attached hydrogens (tertiary/aromatic N) is 4. The van der Waals surface area contributed by atoms with E-state index < -0.39 is 0 Å². The summed E-state index contributed by atoms with van der Waals surface area (Å²) >= 11 is 6.57. The third kappa shape index (κ3) is 6.12. The Balaban J connectivity index is 1.19. The van der Waals surface area contributed by atoms with Gasteiger partial charge in [-0.1, -0.05) is 35.9 Å². The van der Waals surface area contributed by atoms with Crippen LogP contribution >= 0.6 is 11.6 Å². The molecule has 0 bridgehead atoms. The number of aromatic amines is 1. The van der Waals surface area contributed by atoms with E-state index in [9.17, 15) is 5.11 Å². The van der Waals surface area contributed by atoms with Crippen LogP contribution in [0.3, 0.4) is 0 Å². The van der Waals surface area contributed by atoms with Gasteiger partial charge in [-0.2, -0.15) is 0 Å². The minimum absolute atomic E-state index is 0.285. The Hall–Kier alpha value is -2.97. The summed E-state index contributed by atoms with van der Waals surface area (Å²) in [6.45, 7) is 5.67. The zero-order chi connectivity index (χ0) is 26.9. The van der Waals surface area contributed by atoms with Gasteiger partial charge in [-0.25, -0.2) is 9.97 Å². The lowest BCUT2D eigenvalue weighted by Gasteiger charge is -2.37. The first-order valence-corrected chi connectivity index (χ1v) is 14.4. The Morgan fingerprint density at radius 1 is 1.15 bits per heavy atom. The number of aliphatic hydroxyl groups is 1. The number of para-hydroxylation sites is 1. The third-order valence-electron chi connectivity index (χ3n) is 8.05. The van der Waals surface area contributed by atoms with E-state index in [1.807, 2.05) is 31.3 Å². The van der Waals surface area contributed by atoms with Gasteiger partial charge in [0.15, 0.2) is 0 Å². The number of fused-ring (bicyclic) bond motifs is 1. The van der Waals surface area contributed by atoms with E-state index in [2.05, 4.69) is 56.4 Å². The molecule has 1 saturated heterocycles. The molecular formula is C31H37ClN6O. The molecule has 3 heterocycles.